The van der Waals surface area contributed by atoms with Gasteiger partial charge in [0.05, 0.1) is 0 Å². The number of ether oxygens (including phenoxy) is 1. The molecule has 6 atom stereocenters. The van der Waals surface area contributed by atoms with Gasteiger partial charge in [-0.1, -0.05) is 70.0 Å². The molecule has 4 bridgehead atoms. The van der Waals surface area contributed by atoms with Gasteiger partial charge in [-0.05, 0) is 59.1 Å². The van der Waals surface area contributed by atoms with Gasteiger partial charge in [0.1, 0.15) is 10.4 Å². The van der Waals surface area contributed by atoms with Crippen LogP contribution in [-0.4, -0.2) is 16.4 Å². The molecule has 3 aliphatic carbocycles. The van der Waals surface area contributed by atoms with E-state index in [0.717, 1.165) is 17.9 Å². The molecule has 2 aromatic rings. The third-order valence-electron chi connectivity index (χ3n) is 7.13. The molecule has 2 aromatic carbocycles. The molecule has 27 heavy (non-hydrogen) atoms. The first-order chi connectivity index (χ1) is 13.1. The van der Waals surface area contributed by atoms with Gasteiger partial charge < -0.3 is 4.74 Å². The molecule has 0 spiro atoms. The minimum Gasteiger partial charge on any atom is -0.457 e. The maximum absolute atomic E-state index is 13.0. The quantitative estimate of drug-likeness (QED) is 0.322. The molecule has 2 heterocycles. The van der Waals surface area contributed by atoms with E-state index in [2.05, 4.69) is 58.4 Å². The standard InChI is InChI=1S/C23H18BrClO2/c24-23-18-11-19(27-22(23)26)17-10-9-14(12-5-7-13(25)8-6-12)20(21(17)23)16-4-2-1-3-15(16)18/h1-8,10,14,18-21H,9,11H2/t14-,18-,19+,20+,21+,23+/m1/s1. The Morgan fingerprint density at radius 2 is 1.81 bits per heavy atom. The average Bonchev–Trinajstić information content (AvgIpc) is 2.68. The smallest absolute Gasteiger partial charge is 0.324 e. The number of fused-ring (bicyclic) bond motifs is 3. The highest BCUT2D eigenvalue weighted by Gasteiger charge is 2.68. The van der Waals surface area contributed by atoms with E-state index in [4.69, 9.17) is 16.3 Å². The highest BCUT2D eigenvalue weighted by Crippen LogP contribution is 2.68. The Morgan fingerprint density at radius 1 is 1.07 bits per heavy atom. The zero-order valence-electron chi connectivity index (χ0n) is 14.6. The first-order valence-electron chi connectivity index (χ1n) is 9.53. The minimum atomic E-state index is -0.641. The lowest BCUT2D eigenvalue weighted by molar-refractivity contribution is -0.166. The summed E-state index contributed by atoms with van der Waals surface area (Å²) in [6, 6.07) is 16.9. The van der Waals surface area contributed by atoms with Gasteiger partial charge in [-0.2, -0.15) is 0 Å². The van der Waals surface area contributed by atoms with Crippen molar-refractivity contribution in [2.75, 3.05) is 0 Å². The fourth-order valence-corrected chi connectivity index (χ4v) is 7.29. The third-order valence-corrected chi connectivity index (χ3v) is 8.75. The summed E-state index contributed by atoms with van der Waals surface area (Å²) in [6.07, 6.45) is 4.13. The molecule has 1 saturated carbocycles. The van der Waals surface area contributed by atoms with E-state index in [0.29, 0.717) is 5.92 Å². The molecular weight excluding hydrogens is 424 g/mol. The maximum Gasteiger partial charge on any atom is 0.324 e. The summed E-state index contributed by atoms with van der Waals surface area (Å²) in [5.74, 6) is 0.865. The monoisotopic (exact) mass is 440 g/mol. The number of carbonyl (C=O) groups is 1. The maximum atomic E-state index is 13.0. The number of hydrogen-bond acceptors (Lipinski definition) is 2. The topological polar surface area (TPSA) is 26.3 Å². The largest absolute Gasteiger partial charge is 0.457 e. The van der Waals surface area contributed by atoms with Crippen molar-refractivity contribution in [1.29, 1.82) is 0 Å². The number of benzene rings is 2. The van der Waals surface area contributed by atoms with E-state index in [1.54, 1.807) is 0 Å². The van der Waals surface area contributed by atoms with Gasteiger partial charge in [0.15, 0.2) is 0 Å². The fourth-order valence-electron chi connectivity index (χ4n) is 6.09. The number of rotatable bonds is 1. The van der Waals surface area contributed by atoms with Crippen molar-refractivity contribution in [3.8, 4) is 0 Å². The predicted molar refractivity (Wildman–Crippen MR) is 108 cm³/mol. The van der Waals surface area contributed by atoms with Crippen LogP contribution in [0.4, 0.5) is 0 Å². The van der Waals surface area contributed by atoms with Crippen LogP contribution in [0.25, 0.3) is 0 Å². The van der Waals surface area contributed by atoms with Gasteiger partial charge in [0.25, 0.3) is 0 Å². The van der Waals surface area contributed by atoms with Crippen LogP contribution in [0.1, 0.15) is 47.3 Å². The molecule has 4 heteroatoms. The fraction of sp³-hybridized carbons (Fsp3) is 0.348. The summed E-state index contributed by atoms with van der Waals surface area (Å²) >= 11 is 10.1. The van der Waals surface area contributed by atoms with Crippen molar-refractivity contribution in [3.05, 3.63) is 81.9 Å². The minimum absolute atomic E-state index is 0.0612. The van der Waals surface area contributed by atoms with E-state index < -0.39 is 4.32 Å². The van der Waals surface area contributed by atoms with Crippen LogP contribution in [0.15, 0.2) is 60.2 Å². The second-order valence-corrected chi connectivity index (χ2v) is 9.93. The molecule has 0 radical (unpaired) electrons. The van der Waals surface area contributed by atoms with Gasteiger partial charge in [-0.15, -0.1) is 0 Å². The molecule has 0 unspecified atom stereocenters. The van der Waals surface area contributed by atoms with E-state index in [-0.39, 0.29) is 29.8 Å². The van der Waals surface area contributed by atoms with E-state index in [1.165, 1.54) is 22.3 Å². The van der Waals surface area contributed by atoms with Crippen molar-refractivity contribution in [2.24, 2.45) is 5.92 Å². The molecule has 2 saturated heterocycles. The zero-order chi connectivity index (χ0) is 18.3. The lowest BCUT2D eigenvalue weighted by atomic mass is 9.49. The Hall–Kier alpha value is -1.58. The Kier molecular flexibility index (Phi) is 3.33. The Morgan fingerprint density at radius 3 is 2.59 bits per heavy atom. The summed E-state index contributed by atoms with van der Waals surface area (Å²) in [5, 5.41) is 0.757. The van der Waals surface area contributed by atoms with Crippen LogP contribution in [0, 0.1) is 5.92 Å². The van der Waals surface area contributed by atoms with Gasteiger partial charge >= 0.3 is 5.97 Å². The van der Waals surface area contributed by atoms with E-state index in [1.807, 2.05) is 12.1 Å². The van der Waals surface area contributed by atoms with Crippen LogP contribution in [0.5, 0.6) is 0 Å². The van der Waals surface area contributed by atoms with Gasteiger partial charge in [0.2, 0.25) is 0 Å². The molecule has 0 amide bonds. The molecular formula is C23H18BrClO2. The van der Waals surface area contributed by atoms with Gasteiger partial charge in [0, 0.05) is 16.9 Å². The van der Waals surface area contributed by atoms with E-state index in [9.17, 15) is 4.79 Å². The van der Waals surface area contributed by atoms with Crippen molar-refractivity contribution in [2.45, 2.75) is 41.0 Å². The van der Waals surface area contributed by atoms with Crippen LogP contribution in [0.3, 0.4) is 0 Å². The second-order valence-electron chi connectivity index (χ2n) is 8.18. The van der Waals surface area contributed by atoms with Crippen LogP contribution >= 0.6 is 27.5 Å². The van der Waals surface area contributed by atoms with Crippen LogP contribution in [0.2, 0.25) is 5.02 Å². The highest BCUT2D eigenvalue weighted by molar-refractivity contribution is 9.10. The Labute approximate surface area is 171 Å². The molecule has 136 valence electrons. The summed E-state index contributed by atoms with van der Waals surface area (Å²) in [5.41, 5.74) is 5.34. The third kappa shape index (κ3) is 2.00. The SMILES string of the molecule is O=C1O[C@H]2C[C@@H]3c4ccccc4[C@@H]4[C@@H](c5ccc(Cl)cc5)CC=C2[C@@H]4[C@]13Br. The summed E-state index contributed by atoms with van der Waals surface area (Å²) in [7, 11) is 0. The zero-order valence-corrected chi connectivity index (χ0v) is 16.9. The molecule has 7 rings (SSSR count). The molecule has 0 N–H and O–H groups in total. The van der Waals surface area contributed by atoms with Crippen molar-refractivity contribution < 1.29 is 9.53 Å². The number of alkyl halides is 1. The number of halogens is 2. The number of allylic oxidation sites excluding steroid dienone is 1. The normalized spacial score (nSPS) is 38.1. The van der Waals surface area contributed by atoms with Crippen molar-refractivity contribution in [1.82, 2.24) is 0 Å². The first-order valence-corrected chi connectivity index (χ1v) is 10.7. The number of carbonyl (C=O) groups excluding carboxylic acids is 1. The van der Waals surface area contributed by atoms with Crippen LogP contribution in [-0.2, 0) is 9.53 Å². The van der Waals surface area contributed by atoms with Crippen LogP contribution < -0.4 is 0 Å². The lowest BCUT2D eigenvalue weighted by Gasteiger charge is -2.61. The lowest BCUT2D eigenvalue weighted by Crippen LogP contribution is -2.64. The Balaban J connectivity index is 1.61. The van der Waals surface area contributed by atoms with Gasteiger partial charge in [-0.3, -0.25) is 4.79 Å². The Bertz CT molecular complexity index is 998. The summed E-state index contributed by atoms with van der Waals surface area (Å²) < 4.78 is 5.17. The van der Waals surface area contributed by atoms with Crippen molar-refractivity contribution in [3.63, 3.8) is 0 Å². The predicted octanol–water partition coefficient (Wildman–Crippen LogP) is 5.71. The van der Waals surface area contributed by atoms with Gasteiger partial charge in [-0.25, -0.2) is 0 Å². The summed E-state index contributed by atoms with van der Waals surface area (Å²) in [6.45, 7) is 0. The number of hydrogen-bond donors (Lipinski definition) is 0. The highest BCUT2D eigenvalue weighted by atomic mass is 79.9. The molecule has 5 aliphatic rings. The summed E-state index contributed by atoms with van der Waals surface area (Å²) in [4.78, 5) is 13.0. The number of esters is 1. The average molecular weight is 442 g/mol. The second kappa shape index (κ2) is 5.48. The molecule has 2 aliphatic heterocycles. The first kappa shape index (κ1) is 16.4. The molecule has 0 aromatic heterocycles. The van der Waals surface area contributed by atoms with E-state index >= 15 is 0 Å². The van der Waals surface area contributed by atoms with Crippen molar-refractivity contribution >= 4 is 33.5 Å². The molecule has 3 fully saturated rings. The molecule has 2 nitrogen and oxygen atoms in total.